The predicted octanol–water partition coefficient (Wildman–Crippen LogP) is 0.751. The van der Waals surface area contributed by atoms with Crippen LogP contribution in [0, 0.1) is 0 Å². The molecule has 0 saturated carbocycles. The van der Waals surface area contributed by atoms with E-state index < -0.39 is 5.54 Å². The second-order valence-electron chi connectivity index (χ2n) is 5.32. The largest absolute Gasteiger partial charge is 0.342 e. The van der Waals surface area contributed by atoms with E-state index in [-0.39, 0.29) is 11.8 Å². The second kappa shape index (κ2) is 5.38. The molecule has 1 aromatic rings. The summed E-state index contributed by atoms with van der Waals surface area (Å²) in [5.74, 6) is -0.0860. The number of nitrogens with one attached hydrogen (secondary N) is 1. The number of rotatable bonds is 3. The normalized spacial score (nSPS) is 18.9. The van der Waals surface area contributed by atoms with Gasteiger partial charge in [-0.05, 0) is 38.0 Å². The Balaban J connectivity index is 2.03. The van der Waals surface area contributed by atoms with Crippen LogP contribution in [0.4, 0.5) is 0 Å². The monoisotopic (exact) mass is 261 g/mol. The molecule has 0 atom stereocenters. The Morgan fingerprint density at radius 2 is 2.00 bits per heavy atom. The minimum atomic E-state index is -0.814. The number of aromatic nitrogens is 1. The van der Waals surface area contributed by atoms with Crippen molar-refractivity contribution in [3.05, 3.63) is 30.1 Å². The van der Waals surface area contributed by atoms with Gasteiger partial charge < -0.3 is 10.2 Å². The van der Waals surface area contributed by atoms with Crippen LogP contribution in [0.3, 0.4) is 0 Å². The smallest absolute Gasteiger partial charge is 0.247 e. The van der Waals surface area contributed by atoms with Gasteiger partial charge >= 0.3 is 0 Å². The minimum absolute atomic E-state index is 0.0209. The number of nitrogens with zero attached hydrogens (tertiary/aromatic N) is 2. The van der Waals surface area contributed by atoms with Crippen molar-refractivity contribution in [2.45, 2.75) is 32.2 Å². The summed E-state index contributed by atoms with van der Waals surface area (Å²) in [6.07, 6.45) is 4.63. The number of carbonyl (C=O) groups excluding carboxylic acids is 2. The number of hydrogen-bond acceptors (Lipinski definition) is 3. The Hall–Kier alpha value is -1.91. The van der Waals surface area contributed by atoms with Crippen molar-refractivity contribution in [2.24, 2.45) is 0 Å². The zero-order valence-corrected chi connectivity index (χ0v) is 11.3. The Kier molecular flexibility index (Phi) is 3.83. The summed E-state index contributed by atoms with van der Waals surface area (Å²) < 4.78 is 0. The fourth-order valence-corrected chi connectivity index (χ4v) is 2.22. The van der Waals surface area contributed by atoms with Gasteiger partial charge in [-0.15, -0.1) is 0 Å². The standard InChI is InChI=1S/C14H19N3O2/c1-14(2)13(19)17(10-6-12(18)16-14)9-5-11-3-7-15-8-4-11/h3-4,7-8H,5-6,9-10H2,1-2H3,(H,16,18). The molecule has 102 valence electrons. The second-order valence-corrected chi connectivity index (χ2v) is 5.32. The van der Waals surface area contributed by atoms with E-state index in [1.165, 1.54) is 0 Å². The zero-order chi connectivity index (χ0) is 13.9. The van der Waals surface area contributed by atoms with Crippen molar-refractivity contribution in [3.63, 3.8) is 0 Å². The number of amides is 2. The molecule has 2 rings (SSSR count). The van der Waals surface area contributed by atoms with E-state index >= 15 is 0 Å². The number of hydrogen-bond donors (Lipinski definition) is 1. The van der Waals surface area contributed by atoms with Gasteiger partial charge in [-0.1, -0.05) is 0 Å². The van der Waals surface area contributed by atoms with Crippen molar-refractivity contribution in [3.8, 4) is 0 Å². The average Bonchev–Trinajstić information content (AvgIpc) is 2.47. The molecule has 0 unspecified atom stereocenters. The molecular weight excluding hydrogens is 242 g/mol. The molecule has 1 saturated heterocycles. The number of pyridine rings is 1. The molecule has 0 spiro atoms. The zero-order valence-electron chi connectivity index (χ0n) is 11.3. The summed E-state index contributed by atoms with van der Waals surface area (Å²) in [5, 5.41) is 2.76. The minimum Gasteiger partial charge on any atom is -0.342 e. The quantitative estimate of drug-likeness (QED) is 0.873. The third-order valence-electron chi connectivity index (χ3n) is 3.30. The summed E-state index contributed by atoms with van der Waals surface area (Å²) in [6, 6.07) is 3.88. The van der Waals surface area contributed by atoms with Gasteiger partial charge in [0.25, 0.3) is 0 Å². The van der Waals surface area contributed by atoms with Gasteiger partial charge in [0.05, 0.1) is 0 Å². The van der Waals surface area contributed by atoms with Crippen molar-refractivity contribution in [2.75, 3.05) is 13.1 Å². The molecule has 2 amide bonds. The van der Waals surface area contributed by atoms with Crippen molar-refractivity contribution in [1.29, 1.82) is 0 Å². The Labute approximate surface area is 113 Å². The summed E-state index contributed by atoms with van der Waals surface area (Å²) in [7, 11) is 0. The lowest BCUT2D eigenvalue weighted by Gasteiger charge is -2.28. The molecule has 1 N–H and O–H groups in total. The van der Waals surface area contributed by atoms with Crippen LogP contribution in [-0.2, 0) is 16.0 Å². The molecule has 0 radical (unpaired) electrons. The molecule has 0 bridgehead atoms. The Morgan fingerprint density at radius 1 is 1.32 bits per heavy atom. The molecule has 2 heterocycles. The van der Waals surface area contributed by atoms with Gasteiger partial charge in [-0.3, -0.25) is 14.6 Å². The van der Waals surface area contributed by atoms with E-state index in [2.05, 4.69) is 10.3 Å². The maximum atomic E-state index is 12.3. The summed E-state index contributed by atoms with van der Waals surface area (Å²) >= 11 is 0. The maximum Gasteiger partial charge on any atom is 0.247 e. The van der Waals surface area contributed by atoms with E-state index in [4.69, 9.17) is 0 Å². The van der Waals surface area contributed by atoms with E-state index in [9.17, 15) is 9.59 Å². The molecule has 1 aliphatic heterocycles. The van der Waals surface area contributed by atoms with Gasteiger partial charge in [0.1, 0.15) is 5.54 Å². The Bertz CT molecular complexity index is 471. The average molecular weight is 261 g/mol. The van der Waals surface area contributed by atoms with Crippen LogP contribution in [0.2, 0.25) is 0 Å². The highest BCUT2D eigenvalue weighted by Crippen LogP contribution is 2.14. The first-order valence-corrected chi connectivity index (χ1v) is 6.48. The molecule has 5 nitrogen and oxygen atoms in total. The fourth-order valence-electron chi connectivity index (χ4n) is 2.22. The van der Waals surface area contributed by atoms with Gasteiger partial charge in [-0.2, -0.15) is 0 Å². The highest BCUT2D eigenvalue weighted by molar-refractivity contribution is 5.92. The SMILES string of the molecule is CC1(C)NC(=O)CCN(CCc2ccncc2)C1=O. The molecule has 1 fully saturated rings. The van der Waals surface area contributed by atoms with E-state index in [0.29, 0.717) is 19.5 Å². The van der Waals surface area contributed by atoms with Crippen LogP contribution < -0.4 is 5.32 Å². The highest BCUT2D eigenvalue weighted by atomic mass is 16.2. The van der Waals surface area contributed by atoms with E-state index in [1.54, 1.807) is 31.1 Å². The van der Waals surface area contributed by atoms with Crippen LogP contribution >= 0.6 is 0 Å². The first-order valence-electron chi connectivity index (χ1n) is 6.48. The summed E-state index contributed by atoms with van der Waals surface area (Å²) in [4.78, 5) is 29.6. The van der Waals surface area contributed by atoms with Gasteiger partial charge in [0.15, 0.2) is 0 Å². The molecule has 5 heteroatoms. The molecule has 19 heavy (non-hydrogen) atoms. The van der Waals surface area contributed by atoms with Crippen LogP contribution in [-0.4, -0.2) is 40.3 Å². The summed E-state index contributed by atoms with van der Waals surface area (Å²) in [6.45, 7) is 4.61. The molecule has 1 aliphatic rings. The van der Waals surface area contributed by atoms with Crippen LogP contribution in [0.25, 0.3) is 0 Å². The van der Waals surface area contributed by atoms with Gasteiger partial charge in [0, 0.05) is 31.9 Å². The van der Waals surface area contributed by atoms with Gasteiger partial charge in [-0.25, -0.2) is 0 Å². The number of carbonyl (C=O) groups is 2. The fraction of sp³-hybridized carbons (Fsp3) is 0.500. The van der Waals surface area contributed by atoms with Gasteiger partial charge in [0.2, 0.25) is 11.8 Å². The third-order valence-corrected chi connectivity index (χ3v) is 3.30. The van der Waals surface area contributed by atoms with E-state index in [0.717, 1.165) is 12.0 Å². The van der Waals surface area contributed by atoms with Crippen LogP contribution in [0.1, 0.15) is 25.8 Å². The lowest BCUT2D eigenvalue weighted by molar-refractivity contribution is -0.137. The van der Waals surface area contributed by atoms with Crippen LogP contribution in [0.15, 0.2) is 24.5 Å². The van der Waals surface area contributed by atoms with Crippen molar-refractivity contribution >= 4 is 11.8 Å². The lowest BCUT2D eigenvalue weighted by Crippen LogP contribution is -2.53. The molecular formula is C14H19N3O2. The van der Waals surface area contributed by atoms with Crippen molar-refractivity contribution in [1.82, 2.24) is 15.2 Å². The first-order chi connectivity index (χ1) is 8.99. The van der Waals surface area contributed by atoms with E-state index in [1.807, 2.05) is 12.1 Å². The topological polar surface area (TPSA) is 62.3 Å². The van der Waals surface area contributed by atoms with Crippen molar-refractivity contribution < 1.29 is 9.59 Å². The predicted molar refractivity (Wildman–Crippen MR) is 71.4 cm³/mol. The Morgan fingerprint density at radius 3 is 2.68 bits per heavy atom. The first kappa shape index (κ1) is 13.5. The maximum absolute atomic E-state index is 12.3. The molecule has 0 aromatic carbocycles. The molecule has 1 aromatic heterocycles. The third kappa shape index (κ3) is 3.30. The lowest BCUT2D eigenvalue weighted by atomic mass is 10.0. The van der Waals surface area contributed by atoms with Crippen LogP contribution in [0.5, 0.6) is 0 Å². The summed E-state index contributed by atoms with van der Waals surface area (Å²) in [5.41, 5.74) is 0.329. The molecule has 0 aliphatic carbocycles. The highest BCUT2D eigenvalue weighted by Gasteiger charge is 2.36.